The first-order valence-electron chi connectivity index (χ1n) is 8.56. The molecule has 0 unspecified atom stereocenters. The van der Waals surface area contributed by atoms with Gasteiger partial charge >= 0.3 is 0 Å². The molecule has 1 aliphatic heterocycles. The maximum Gasteiger partial charge on any atom is 0.241 e. The van der Waals surface area contributed by atoms with E-state index < -0.39 is 27.9 Å². The van der Waals surface area contributed by atoms with Crippen molar-refractivity contribution in [2.75, 3.05) is 11.4 Å². The second kappa shape index (κ2) is 7.69. The van der Waals surface area contributed by atoms with Crippen LogP contribution in [0.1, 0.15) is 18.1 Å². The molecule has 2 aromatic carbocycles. The molecule has 1 aliphatic rings. The third kappa shape index (κ3) is 4.20. The van der Waals surface area contributed by atoms with Gasteiger partial charge in [0.1, 0.15) is 5.82 Å². The summed E-state index contributed by atoms with van der Waals surface area (Å²) in [6.45, 7) is 1.90. The monoisotopic (exact) mass is 405 g/mol. The predicted molar refractivity (Wildman–Crippen MR) is 97.4 cm³/mol. The molecule has 2 aromatic rings. The highest BCUT2D eigenvalue weighted by Crippen LogP contribution is 2.30. The van der Waals surface area contributed by atoms with Crippen molar-refractivity contribution < 1.29 is 27.5 Å². The van der Waals surface area contributed by atoms with Gasteiger partial charge in [-0.25, -0.2) is 17.5 Å². The van der Waals surface area contributed by atoms with E-state index in [1.54, 1.807) is 4.90 Å². The molecule has 7 nitrogen and oxygen atoms in total. The molecular formula is C19H18FN2O5S-. The Morgan fingerprint density at radius 3 is 2.50 bits per heavy atom. The van der Waals surface area contributed by atoms with Crippen LogP contribution in [0.3, 0.4) is 0 Å². The van der Waals surface area contributed by atoms with Crippen LogP contribution < -0.4 is 14.7 Å². The molecule has 1 N–H and O–H groups in total. The number of amides is 1. The lowest BCUT2D eigenvalue weighted by molar-refractivity contribution is -0.307. The number of rotatable bonds is 6. The number of nitrogens with zero attached hydrogens (tertiary/aromatic N) is 1. The average Bonchev–Trinajstić information content (AvgIpc) is 3.06. The molecule has 0 saturated carbocycles. The number of hydrogen-bond acceptors (Lipinski definition) is 5. The number of anilines is 1. The SMILES string of the molecule is CC(=O)N1CCc2cc(S(=O)(=O)N[C@@H](Cc3ccc(F)cc3)C(=O)[O-])ccc21. The van der Waals surface area contributed by atoms with Gasteiger partial charge in [0.25, 0.3) is 0 Å². The van der Waals surface area contributed by atoms with Crippen LogP contribution in [0.2, 0.25) is 0 Å². The third-order valence-electron chi connectivity index (χ3n) is 4.57. The van der Waals surface area contributed by atoms with E-state index in [4.69, 9.17) is 0 Å². The molecule has 9 heteroatoms. The van der Waals surface area contributed by atoms with Crippen LogP contribution in [-0.4, -0.2) is 32.9 Å². The van der Waals surface area contributed by atoms with Gasteiger partial charge in [0.2, 0.25) is 15.9 Å². The molecule has 0 aromatic heterocycles. The Kier molecular flexibility index (Phi) is 5.48. The van der Waals surface area contributed by atoms with Crippen LogP contribution >= 0.6 is 0 Å². The summed E-state index contributed by atoms with van der Waals surface area (Å²) in [4.78, 5) is 24.5. The van der Waals surface area contributed by atoms with Gasteiger partial charge < -0.3 is 14.8 Å². The number of halogens is 1. The van der Waals surface area contributed by atoms with Crippen molar-refractivity contribution in [2.45, 2.75) is 30.7 Å². The van der Waals surface area contributed by atoms with Crippen LogP contribution in [0.4, 0.5) is 10.1 Å². The fraction of sp³-hybridized carbons (Fsp3) is 0.263. The molecule has 0 aliphatic carbocycles. The smallest absolute Gasteiger partial charge is 0.241 e. The fourth-order valence-corrected chi connectivity index (χ4v) is 4.39. The Labute approximate surface area is 161 Å². The Morgan fingerprint density at radius 2 is 1.89 bits per heavy atom. The molecule has 1 amide bonds. The highest BCUT2D eigenvalue weighted by Gasteiger charge is 2.26. The highest BCUT2D eigenvalue weighted by molar-refractivity contribution is 7.89. The van der Waals surface area contributed by atoms with Crippen molar-refractivity contribution in [3.8, 4) is 0 Å². The number of sulfonamides is 1. The van der Waals surface area contributed by atoms with Gasteiger partial charge in [0.15, 0.2) is 0 Å². The minimum absolute atomic E-state index is 0.0954. The maximum absolute atomic E-state index is 13.0. The zero-order valence-electron chi connectivity index (χ0n) is 15.0. The number of carbonyl (C=O) groups is 2. The maximum atomic E-state index is 13.0. The van der Waals surface area contributed by atoms with E-state index in [2.05, 4.69) is 4.72 Å². The van der Waals surface area contributed by atoms with Crippen molar-refractivity contribution in [1.82, 2.24) is 4.72 Å². The Balaban J connectivity index is 1.82. The molecule has 1 heterocycles. The number of carboxylic acid groups (broad SMARTS) is 1. The van der Waals surface area contributed by atoms with Crippen LogP contribution in [0.15, 0.2) is 47.4 Å². The standard InChI is InChI=1S/C19H19FN2O5S/c1-12(23)22-9-8-14-11-16(6-7-18(14)22)28(26,27)21-17(19(24)25)10-13-2-4-15(20)5-3-13/h2-7,11,17,21H,8-10H2,1H3,(H,24,25)/p-1/t17-/m0/s1. The van der Waals surface area contributed by atoms with Crippen LogP contribution in [0.25, 0.3) is 0 Å². The van der Waals surface area contributed by atoms with E-state index in [1.807, 2.05) is 0 Å². The summed E-state index contributed by atoms with van der Waals surface area (Å²) in [5.74, 6) is -2.20. The molecule has 28 heavy (non-hydrogen) atoms. The van der Waals surface area contributed by atoms with E-state index >= 15 is 0 Å². The molecule has 0 spiro atoms. The summed E-state index contributed by atoms with van der Waals surface area (Å²) >= 11 is 0. The molecule has 0 saturated heterocycles. The van der Waals surface area contributed by atoms with Crippen molar-refractivity contribution >= 4 is 27.6 Å². The van der Waals surface area contributed by atoms with Gasteiger partial charge in [-0.05, 0) is 54.3 Å². The Bertz CT molecular complexity index is 1020. The largest absolute Gasteiger partial charge is 0.548 e. The summed E-state index contributed by atoms with van der Waals surface area (Å²) < 4.78 is 40.5. The van der Waals surface area contributed by atoms with E-state index in [0.29, 0.717) is 29.8 Å². The second-order valence-corrected chi connectivity index (χ2v) is 8.25. The summed E-state index contributed by atoms with van der Waals surface area (Å²) in [5, 5.41) is 11.4. The van der Waals surface area contributed by atoms with Gasteiger partial charge in [0.05, 0.1) is 16.9 Å². The van der Waals surface area contributed by atoms with Gasteiger partial charge in [-0.3, -0.25) is 4.79 Å². The number of nitrogens with one attached hydrogen (secondary N) is 1. The fourth-order valence-electron chi connectivity index (χ4n) is 3.16. The number of carboxylic acids is 1. The summed E-state index contributed by atoms with van der Waals surface area (Å²) in [5.41, 5.74) is 1.79. The van der Waals surface area contributed by atoms with Crippen LogP contribution in [-0.2, 0) is 32.5 Å². The molecule has 0 radical (unpaired) electrons. The molecule has 3 rings (SSSR count). The van der Waals surface area contributed by atoms with Gasteiger partial charge in [-0.1, -0.05) is 12.1 Å². The van der Waals surface area contributed by atoms with Crippen molar-refractivity contribution in [3.05, 3.63) is 59.4 Å². The number of hydrogen-bond donors (Lipinski definition) is 1. The second-order valence-electron chi connectivity index (χ2n) is 6.53. The summed E-state index contributed by atoms with van der Waals surface area (Å²) in [6.07, 6.45) is 0.322. The first-order chi connectivity index (χ1) is 13.2. The van der Waals surface area contributed by atoms with Gasteiger partial charge in [0, 0.05) is 19.2 Å². The molecule has 0 bridgehead atoms. The topological polar surface area (TPSA) is 107 Å². The quantitative estimate of drug-likeness (QED) is 0.748. The molecule has 0 fully saturated rings. The van der Waals surface area contributed by atoms with Crippen LogP contribution in [0.5, 0.6) is 0 Å². The lowest BCUT2D eigenvalue weighted by atomic mass is 10.1. The van der Waals surface area contributed by atoms with Gasteiger partial charge in [-0.2, -0.15) is 0 Å². The van der Waals surface area contributed by atoms with Gasteiger partial charge in [-0.15, -0.1) is 0 Å². The average molecular weight is 405 g/mol. The number of benzene rings is 2. The number of fused-ring (bicyclic) bond motifs is 1. The minimum atomic E-state index is -4.14. The number of aliphatic carboxylic acids is 1. The van der Waals surface area contributed by atoms with E-state index in [1.165, 1.54) is 37.3 Å². The van der Waals surface area contributed by atoms with Crippen molar-refractivity contribution in [1.29, 1.82) is 0 Å². The highest BCUT2D eigenvalue weighted by atomic mass is 32.2. The Hall–Kier alpha value is -2.78. The lowest BCUT2D eigenvalue weighted by Gasteiger charge is -2.20. The lowest BCUT2D eigenvalue weighted by Crippen LogP contribution is -2.49. The predicted octanol–water partition coefficient (Wildman–Crippen LogP) is 0.374. The van der Waals surface area contributed by atoms with Crippen LogP contribution in [0, 0.1) is 5.82 Å². The molecular weight excluding hydrogens is 387 g/mol. The third-order valence-corrected chi connectivity index (χ3v) is 6.04. The van der Waals surface area contributed by atoms with Crippen molar-refractivity contribution in [3.63, 3.8) is 0 Å². The van der Waals surface area contributed by atoms with E-state index in [-0.39, 0.29) is 17.2 Å². The zero-order chi connectivity index (χ0) is 20.5. The molecule has 148 valence electrons. The summed E-state index contributed by atoms with van der Waals surface area (Å²) in [6, 6.07) is 7.87. The first kappa shape index (κ1) is 20.0. The minimum Gasteiger partial charge on any atom is -0.548 e. The normalized spacial score (nSPS) is 14.6. The number of carbonyl (C=O) groups excluding carboxylic acids is 2. The van der Waals surface area contributed by atoms with Crippen molar-refractivity contribution in [2.24, 2.45) is 0 Å². The first-order valence-corrected chi connectivity index (χ1v) is 10.0. The molecule has 1 atom stereocenters. The van der Waals surface area contributed by atoms with E-state index in [0.717, 1.165) is 12.1 Å². The zero-order valence-corrected chi connectivity index (χ0v) is 15.8. The summed E-state index contributed by atoms with van der Waals surface area (Å²) in [7, 11) is -4.14. The Morgan fingerprint density at radius 1 is 1.21 bits per heavy atom. The van der Waals surface area contributed by atoms with E-state index in [9.17, 15) is 27.5 Å².